The predicted molar refractivity (Wildman–Crippen MR) is 69.0 cm³/mol. The minimum atomic E-state index is -0.387. The average molecular weight is 231 g/mol. The molecular formula is C14H17NO2. The predicted octanol–water partition coefficient (Wildman–Crippen LogP) is 2.69. The SMILES string of the molecule is C#CCOC(=O)c1cccc(NCCCC)c1. The summed E-state index contributed by atoms with van der Waals surface area (Å²) in [5.41, 5.74) is 1.44. The van der Waals surface area contributed by atoms with Crippen LogP contribution in [0, 0.1) is 12.3 Å². The minimum Gasteiger partial charge on any atom is -0.449 e. The highest BCUT2D eigenvalue weighted by Gasteiger charge is 2.06. The second-order valence-electron chi connectivity index (χ2n) is 3.64. The number of terminal acetylenes is 1. The van der Waals surface area contributed by atoms with Gasteiger partial charge in [0.15, 0.2) is 6.61 Å². The van der Waals surface area contributed by atoms with Gasteiger partial charge >= 0.3 is 5.97 Å². The maximum absolute atomic E-state index is 11.5. The molecule has 0 saturated heterocycles. The summed E-state index contributed by atoms with van der Waals surface area (Å²) in [5.74, 6) is 1.88. The van der Waals surface area contributed by atoms with Crippen molar-refractivity contribution in [3.8, 4) is 12.3 Å². The van der Waals surface area contributed by atoms with E-state index in [0.29, 0.717) is 5.56 Å². The molecule has 0 saturated carbocycles. The molecule has 0 amide bonds. The number of hydrogen-bond donors (Lipinski definition) is 1. The molecule has 3 heteroatoms. The molecule has 0 aliphatic heterocycles. The quantitative estimate of drug-likeness (QED) is 0.465. The van der Waals surface area contributed by atoms with Crippen LogP contribution in [0.3, 0.4) is 0 Å². The van der Waals surface area contributed by atoms with Gasteiger partial charge in [0.2, 0.25) is 0 Å². The Morgan fingerprint density at radius 3 is 3.06 bits per heavy atom. The molecule has 3 nitrogen and oxygen atoms in total. The zero-order valence-corrected chi connectivity index (χ0v) is 10.0. The Kier molecular flexibility index (Phi) is 5.67. The maximum atomic E-state index is 11.5. The number of nitrogens with one attached hydrogen (secondary N) is 1. The van der Waals surface area contributed by atoms with Crippen LogP contribution in [0.4, 0.5) is 5.69 Å². The molecule has 0 fully saturated rings. The van der Waals surface area contributed by atoms with Gasteiger partial charge < -0.3 is 10.1 Å². The molecule has 1 rings (SSSR count). The standard InChI is InChI=1S/C14H17NO2/c1-3-5-9-15-13-8-6-7-12(11-13)14(16)17-10-4-2/h2,6-8,11,15H,3,5,9-10H2,1H3. The van der Waals surface area contributed by atoms with Crippen molar-refractivity contribution in [3.05, 3.63) is 29.8 Å². The van der Waals surface area contributed by atoms with Crippen LogP contribution >= 0.6 is 0 Å². The molecule has 90 valence electrons. The highest BCUT2D eigenvalue weighted by molar-refractivity contribution is 5.90. The average Bonchev–Trinajstić information content (AvgIpc) is 2.36. The van der Waals surface area contributed by atoms with Gasteiger partial charge in [0.1, 0.15) is 0 Å². The van der Waals surface area contributed by atoms with E-state index in [1.165, 1.54) is 0 Å². The van der Waals surface area contributed by atoms with Crippen molar-refractivity contribution in [2.45, 2.75) is 19.8 Å². The number of rotatable bonds is 6. The van der Waals surface area contributed by atoms with Crippen molar-refractivity contribution >= 4 is 11.7 Å². The van der Waals surface area contributed by atoms with Crippen molar-refractivity contribution in [1.29, 1.82) is 0 Å². The van der Waals surface area contributed by atoms with Gasteiger partial charge in [-0.3, -0.25) is 0 Å². The summed E-state index contributed by atoms with van der Waals surface area (Å²) in [6.07, 6.45) is 7.27. The van der Waals surface area contributed by atoms with Gasteiger partial charge in [-0.2, -0.15) is 0 Å². The number of benzene rings is 1. The summed E-state index contributed by atoms with van der Waals surface area (Å²) in [6.45, 7) is 3.04. The van der Waals surface area contributed by atoms with E-state index in [0.717, 1.165) is 25.1 Å². The van der Waals surface area contributed by atoms with Crippen LogP contribution in [-0.2, 0) is 4.74 Å². The maximum Gasteiger partial charge on any atom is 0.339 e. The lowest BCUT2D eigenvalue weighted by Gasteiger charge is -2.07. The molecule has 0 aliphatic rings. The molecule has 0 spiro atoms. The molecule has 0 atom stereocenters. The van der Waals surface area contributed by atoms with Gasteiger partial charge in [-0.15, -0.1) is 6.42 Å². The molecule has 1 aromatic carbocycles. The summed E-state index contributed by atoms with van der Waals surface area (Å²) >= 11 is 0. The Bertz CT molecular complexity index is 407. The van der Waals surface area contributed by atoms with Crippen LogP contribution in [0.15, 0.2) is 24.3 Å². The van der Waals surface area contributed by atoms with Crippen LogP contribution < -0.4 is 5.32 Å². The first kappa shape index (κ1) is 13.1. The van der Waals surface area contributed by atoms with E-state index in [4.69, 9.17) is 11.2 Å². The Labute approximate surface area is 102 Å². The van der Waals surface area contributed by atoms with E-state index < -0.39 is 0 Å². The molecule has 1 N–H and O–H groups in total. The van der Waals surface area contributed by atoms with Gasteiger partial charge in [-0.05, 0) is 24.6 Å². The van der Waals surface area contributed by atoms with Crippen molar-refractivity contribution in [1.82, 2.24) is 0 Å². The number of unbranched alkanes of at least 4 members (excludes halogenated alkanes) is 1. The van der Waals surface area contributed by atoms with Gasteiger partial charge in [-0.1, -0.05) is 25.3 Å². The number of hydrogen-bond acceptors (Lipinski definition) is 3. The fourth-order valence-electron chi connectivity index (χ4n) is 1.36. The lowest BCUT2D eigenvalue weighted by atomic mass is 10.2. The lowest BCUT2D eigenvalue weighted by molar-refractivity contribution is 0.0557. The summed E-state index contributed by atoms with van der Waals surface area (Å²) in [5, 5.41) is 3.25. The second-order valence-corrected chi connectivity index (χ2v) is 3.64. The topological polar surface area (TPSA) is 38.3 Å². The van der Waals surface area contributed by atoms with Crippen LogP contribution in [-0.4, -0.2) is 19.1 Å². The monoisotopic (exact) mass is 231 g/mol. The third-order valence-electron chi connectivity index (χ3n) is 2.24. The summed E-state index contributed by atoms with van der Waals surface area (Å²) in [7, 11) is 0. The van der Waals surface area contributed by atoms with Crippen LogP contribution in [0.25, 0.3) is 0 Å². The first-order chi connectivity index (χ1) is 8.27. The molecule has 0 unspecified atom stereocenters. The number of ether oxygens (including phenoxy) is 1. The molecule has 0 aliphatic carbocycles. The van der Waals surface area contributed by atoms with Crippen molar-refractivity contribution in [2.75, 3.05) is 18.5 Å². The van der Waals surface area contributed by atoms with E-state index in [9.17, 15) is 4.79 Å². The van der Waals surface area contributed by atoms with E-state index in [1.54, 1.807) is 12.1 Å². The van der Waals surface area contributed by atoms with Gasteiger partial charge in [0.05, 0.1) is 5.56 Å². The number of carbonyl (C=O) groups is 1. The van der Waals surface area contributed by atoms with Crippen LogP contribution in [0.5, 0.6) is 0 Å². The van der Waals surface area contributed by atoms with Crippen LogP contribution in [0.1, 0.15) is 30.1 Å². The van der Waals surface area contributed by atoms with E-state index in [2.05, 4.69) is 18.2 Å². The van der Waals surface area contributed by atoms with Crippen molar-refractivity contribution in [2.24, 2.45) is 0 Å². The molecule has 0 aromatic heterocycles. The normalized spacial score (nSPS) is 9.41. The molecular weight excluding hydrogens is 214 g/mol. The summed E-state index contributed by atoms with van der Waals surface area (Å²) < 4.78 is 4.86. The van der Waals surface area contributed by atoms with Gasteiger partial charge in [-0.25, -0.2) is 4.79 Å². The van der Waals surface area contributed by atoms with Crippen molar-refractivity contribution in [3.63, 3.8) is 0 Å². The minimum absolute atomic E-state index is 0.00627. The number of carbonyl (C=O) groups excluding carboxylic acids is 1. The van der Waals surface area contributed by atoms with Gasteiger partial charge in [0.25, 0.3) is 0 Å². The van der Waals surface area contributed by atoms with E-state index in [1.807, 2.05) is 12.1 Å². The number of esters is 1. The Morgan fingerprint density at radius 1 is 1.53 bits per heavy atom. The van der Waals surface area contributed by atoms with Crippen LogP contribution in [0.2, 0.25) is 0 Å². The number of anilines is 1. The molecule has 0 bridgehead atoms. The largest absolute Gasteiger partial charge is 0.449 e. The lowest BCUT2D eigenvalue weighted by Crippen LogP contribution is -2.07. The molecule has 17 heavy (non-hydrogen) atoms. The Balaban J connectivity index is 2.59. The first-order valence-electron chi connectivity index (χ1n) is 5.72. The smallest absolute Gasteiger partial charge is 0.339 e. The highest BCUT2D eigenvalue weighted by Crippen LogP contribution is 2.11. The fourth-order valence-corrected chi connectivity index (χ4v) is 1.36. The third-order valence-corrected chi connectivity index (χ3v) is 2.24. The van der Waals surface area contributed by atoms with E-state index in [-0.39, 0.29) is 12.6 Å². The zero-order chi connectivity index (χ0) is 12.5. The first-order valence-corrected chi connectivity index (χ1v) is 5.72. The third kappa shape index (κ3) is 4.60. The molecule has 0 radical (unpaired) electrons. The Hall–Kier alpha value is -1.95. The molecule has 1 aromatic rings. The van der Waals surface area contributed by atoms with Gasteiger partial charge in [0, 0.05) is 12.2 Å². The summed E-state index contributed by atoms with van der Waals surface area (Å²) in [6, 6.07) is 7.23. The Morgan fingerprint density at radius 2 is 2.35 bits per heavy atom. The van der Waals surface area contributed by atoms with Crippen molar-refractivity contribution < 1.29 is 9.53 Å². The second kappa shape index (κ2) is 7.34. The summed E-state index contributed by atoms with van der Waals surface area (Å²) in [4.78, 5) is 11.5. The fraction of sp³-hybridized carbons (Fsp3) is 0.357. The molecule has 0 heterocycles. The van der Waals surface area contributed by atoms with E-state index >= 15 is 0 Å². The highest BCUT2D eigenvalue weighted by atomic mass is 16.5. The zero-order valence-electron chi connectivity index (χ0n) is 10.0.